The molecule has 0 fully saturated rings. The van der Waals surface area contributed by atoms with Crippen LogP contribution in [0.15, 0.2) is 23.3 Å². The molecule has 21 heavy (non-hydrogen) atoms. The Morgan fingerprint density at radius 2 is 2.33 bits per heavy atom. The minimum absolute atomic E-state index is 0.0522. The van der Waals surface area contributed by atoms with Crippen molar-refractivity contribution < 1.29 is 9.59 Å². The monoisotopic (exact) mass is 282 g/mol. The van der Waals surface area contributed by atoms with Gasteiger partial charge in [0, 0.05) is 13.1 Å². The van der Waals surface area contributed by atoms with Gasteiger partial charge < -0.3 is 4.90 Å². The van der Waals surface area contributed by atoms with Crippen molar-refractivity contribution in [1.82, 2.24) is 10.3 Å². The number of amides is 2. The molecule has 6 nitrogen and oxygen atoms in total. The first kappa shape index (κ1) is 13.3. The van der Waals surface area contributed by atoms with Gasteiger partial charge in [-0.3, -0.25) is 9.59 Å². The van der Waals surface area contributed by atoms with Gasteiger partial charge in [-0.25, -0.2) is 5.43 Å². The summed E-state index contributed by atoms with van der Waals surface area (Å²) < 4.78 is 0. The van der Waals surface area contributed by atoms with Gasteiger partial charge in [0.1, 0.15) is 5.71 Å². The lowest BCUT2D eigenvalue weighted by molar-refractivity contribution is -0.125. The van der Waals surface area contributed by atoms with Crippen LogP contribution in [0.1, 0.15) is 23.1 Å². The molecule has 0 saturated heterocycles. The molecule has 6 heteroatoms. The van der Waals surface area contributed by atoms with Crippen molar-refractivity contribution in [3.8, 4) is 6.07 Å². The Morgan fingerprint density at radius 1 is 1.48 bits per heavy atom. The molecule has 0 aromatic heterocycles. The van der Waals surface area contributed by atoms with Gasteiger partial charge in [0.2, 0.25) is 5.91 Å². The Balaban J connectivity index is 1.79. The molecule has 0 spiro atoms. The van der Waals surface area contributed by atoms with Gasteiger partial charge in [0.05, 0.1) is 18.9 Å². The third-order valence-electron chi connectivity index (χ3n) is 3.81. The van der Waals surface area contributed by atoms with Crippen LogP contribution in [0.5, 0.6) is 0 Å². The predicted molar refractivity (Wildman–Crippen MR) is 75.1 cm³/mol. The Kier molecular flexibility index (Phi) is 3.40. The van der Waals surface area contributed by atoms with Crippen molar-refractivity contribution in [1.29, 1.82) is 5.26 Å². The highest BCUT2D eigenvalue weighted by Crippen LogP contribution is 2.23. The van der Waals surface area contributed by atoms with Crippen LogP contribution in [0.25, 0.3) is 0 Å². The molecule has 2 aliphatic rings. The van der Waals surface area contributed by atoms with Gasteiger partial charge in [0.15, 0.2) is 0 Å². The number of benzene rings is 1. The van der Waals surface area contributed by atoms with Gasteiger partial charge in [-0.1, -0.05) is 18.2 Å². The summed E-state index contributed by atoms with van der Waals surface area (Å²) in [5, 5.41) is 12.6. The highest BCUT2D eigenvalue weighted by Gasteiger charge is 2.28. The van der Waals surface area contributed by atoms with Crippen molar-refractivity contribution >= 4 is 17.5 Å². The molecule has 0 radical (unpaired) electrons. The first-order valence-corrected chi connectivity index (χ1v) is 6.80. The van der Waals surface area contributed by atoms with Crippen LogP contribution >= 0.6 is 0 Å². The highest BCUT2D eigenvalue weighted by atomic mass is 16.2. The van der Waals surface area contributed by atoms with E-state index >= 15 is 0 Å². The van der Waals surface area contributed by atoms with Crippen LogP contribution in [0.4, 0.5) is 0 Å². The van der Waals surface area contributed by atoms with Gasteiger partial charge in [-0.15, -0.1) is 0 Å². The lowest BCUT2D eigenvalue weighted by atomic mass is 9.93. The summed E-state index contributed by atoms with van der Waals surface area (Å²) in [5.74, 6) is -0.434. The van der Waals surface area contributed by atoms with E-state index in [1.807, 2.05) is 18.2 Å². The first-order valence-electron chi connectivity index (χ1n) is 6.80. The number of carbonyl (C=O) groups excluding carboxylic acids is 2. The number of hydrogen-bond donors (Lipinski definition) is 1. The van der Waals surface area contributed by atoms with E-state index in [-0.39, 0.29) is 23.9 Å². The molecule has 0 saturated carbocycles. The van der Waals surface area contributed by atoms with Gasteiger partial charge >= 0.3 is 0 Å². The largest absolute Gasteiger partial charge is 0.333 e. The summed E-state index contributed by atoms with van der Waals surface area (Å²) in [6, 6.07) is 8.03. The molecule has 3 rings (SSSR count). The molecule has 0 atom stereocenters. The molecule has 2 aliphatic heterocycles. The Hall–Kier alpha value is -2.68. The van der Waals surface area contributed by atoms with Crippen LogP contribution < -0.4 is 5.43 Å². The summed E-state index contributed by atoms with van der Waals surface area (Å²) in [5.41, 5.74) is 5.86. The third-order valence-corrected chi connectivity index (χ3v) is 3.81. The van der Waals surface area contributed by atoms with E-state index in [2.05, 4.69) is 16.6 Å². The molecule has 1 aromatic carbocycles. The second-order valence-corrected chi connectivity index (χ2v) is 5.14. The van der Waals surface area contributed by atoms with E-state index in [9.17, 15) is 9.59 Å². The van der Waals surface area contributed by atoms with Crippen LogP contribution in [0.3, 0.4) is 0 Å². The molecular weight excluding hydrogens is 268 g/mol. The molecular formula is C15H14N4O2. The smallest absolute Gasteiger partial charge is 0.270 e. The molecule has 1 N–H and O–H groups in total. The Morgan fingerprint density at radius 3 is 3.05 bits per heavy atom. The quantitative estimate of drug-likeness (QED) is 0.857. The minimum atomic E-state index is -0.243. The number of nitrogens with zero attached hydrogens (tertiary/aromatic N) is 3. The normalized spacial score (nSPS) is 16.8. The fourth-order valence-electron chi connectivity index (χ4n) is 2.78. The van der Waals surface area contributed by atoms with Crippen LogP contribution in [0.2, 0.25) is 0 Å². The fourth-order valence-corrected chi connectivity index (χ4v) is 2.78. The molecule has 0 bridgehead atoms. The number of hydrogen-bond acceptors (Lipinski definition) is 4. The number of rotatable bonds is 2. The number of nitrogens with one attached hydrogen (secondary N) is 1. The molecule has 106 valence electrons. The van der Waals surface area contributed by atoms with E-state index in [1.54, 1.807) is 4.90 Å². The SMILES string of the molecule is N#CCc1cccc2c1CCN(C(=O)C1=NNC(=O)C1)C2. The zero-order valence-corrected chi connectivity index (χ0v) is 11.4. The van der Waals surface area contributed by atoms with Gasteiger partial charge in [-0.2, -0.15) is 10.4 Å². The summed E-state index contributed by atoms with van der Waals surface area (Å²) in [7, 11) is 0. The number of hydrazone groups is 1. The summed E-state index contributed by atoms with van der Waals surface area (Å²) >= 11 is 0. The second-order valence-electron chi connectivity index (χ2n) is 5.14. The summed E-state index contributed by atoms with van der Waals surface area (Å²) in [6.07, 6.45) is 1.17. The second kappa shape index (κ2) is 5.37. The zero-order valence-electron chi connectivity index (χ0n) is 11.4. The summed E-state index contributed by atoms with van der Waals surface area (Å²) in [6.45, 7) is 1.09. The maximum atomic E-state index is 12.3. The van der Waals surface area contributed by atoms with E-state index in [0.29, 0.717) is 19.5 Å². The van der Waals surface area contributed by atoms with E-state index in [1.165, 1.54) is 5.56 Å². The van der Waals surface area contributed by atoms with Gasteiger partial charge in [0.25, 0.3) is 5.91 Å². The number of carbonyl (C=O) groups is 2. The van der Waals surface area contributed by atoms with Crippen molar-refractivity contribution in [2.24, 2.45) is 5.10 Å². The Labute approximate surface area is 122 Å². The third kappa shape index (κ3) is 2.50. The lowest BCUT2D eigenvalue weighted by Gasteiger charge is -2.29. The van der Waals surface area contributed by atoms with E-state index < -0.39 is 0 Å². The standard InChI is InChI=1S/C15H14N4O2/c16-6-4-10-2-1-3-11-9-19(7-5-12(10)11)15(21)13-8-14(20)18-17-13/h1-3H,4-5,7-9H2,(H,18,20). The predicted octanol–water partition coefficient (Wildman–Crippen LogP) is 0.513. The average Bonchev–Trinajstić information content (AvgIpc) is 2.93. The van der Waals surface area contributed by atoms with Crippen LogP contribution in [0, 0.1) is 11.3 Å². The zero-order chi connectivity index (χ0) is 14.8. The minimum Gasteiger partial charge on any atom is -0.333 e. The maximum Gasteiger partial charge on any atom is 0.270 e. The highest BCUT2D eigenvalue weighted by molar-refractivity contribution is 6.43. The van der Waals surface area contributed by atoms with Crippen molar-refractivity contribution in [2.45, 2.75) is 25.8 Å². The molecule has 2 amide bonds. The van der Waals surface area contributed by atoms with Crippen LogP contribution in [-0.4, -0.2) is 29.0 Å². The maximum absolute atomic E-state index is 12.3. The Bertz CT molecular complexity index is 687. The van der Waals surface area contributed by atoms with E-state index in [4.69, 9.17) is 5.26 Å². The van der Waals surface area contributed by atoms with Crippen LogP contribution in [-0.2, 0) is 29.0 Å². The van der Waals surface area contributed by atoms with Crippen molar-refractivity contribution in [3.05, 3.63) is 34.9 Å². The molecule has 0 aliphatic carbocycles. The average molecular weight is 282 g/mol. The molecule has 2 heterocycles. The van der Waals surface area contributed by atoms with Crippen molar-refractivity contribution in [2.75, 3.05) is 6.54 Å². The van der Waals surface area contributed by atoms with E-state index in [0.717, 1.165) is 17.5 Å². The fraction of sp³-hybridized carbons (Fsp3) is 0.333. The number of nitriles is 1. The first-order chi connectivity index (χ1) is 10.2. The van der Waals surface area contributed by atoms with Crippen molar-refractivity contribution in [3.63, 3.8) is 0 Å². The molecule has 1 aromatic rings. The lowest BCUT2D eigenvalue weighted by Crippen LogP contribution is -2.40. The number of fused-ring (bicyclic) bond motifs is 1. The topological polar surface area (TPSA) is 85.6 Å². The van der Waals surface area contributed by atoms with Gasteiger partial charge in [-0.05, 0) is 23.1 Å². The summed E-state index contributed by atoms with van der Waals surface area (Å²) in [4.78, 5) is 25.2. The molecule has 0 unspecified atom stereocenters.